The van der Waals surface area contributed by atoms with Crippen LogP contribution < -0.4 is 0 Å². The van der Waals surface area contributed by atoms with E-state index in [4.69, 9.17) is 7.85 Å². The first-order valence-electron chi connectivity index (χ1n) is 3.94. The lowest BCUT2D eigenvalue weighted by Gasteiger charge is -2.06. The highest BCUT2D eigenvalue weighted by Gasteiger charge is 2.44. The van der Waals surface area contributed by atoms with Gasteiger partial charge in [0.05, 0.1) is 7.85 Å². The lowest BCUT2D eigenvalue weighted by atomic mass is 9.89. The topological polar surface area (TPSA) is 0 Å². The zero-order valence-electron chi connectivity index (χ0n) is 6.48. The van der Waals surface area contributed by atoms with E-state index in [1.165, 1.54) is 25.7 Å². The minimum atomic E-state index is 0.518. The normalized spacial score (nSPS) is 40.9. The second kappa shape index (κ2) is 2.36. The Kier molecular flexibility index (Phi) is 1.88. The molecule has 0 amide bonds. The molecule has 0 aromatic heterocycles. The summed E-state index contributed by atoms with van der Waals surface area (Å²) in [5.41, 5.74) is 0.538. The third-order valence-electron chi connectivity index (χ3n) is 2.52. The van der Waals surface area contributed by atoms with Crippen molar-refractivity contribution in [3.63, 3.8) is 0 Å². The van der Waals surface area contributed by atoms with Crippen LogP contribution in [0.4, 0.5) is 0 Å². The molecular weight excluding hydrogens is 107 g/mol. The second-order valence-corrected chi connectivity index (χ2v) is 3.57. The molecule has 0 aromatic rings. The van der Waals surface area contributed by atoms with Gasteiger partial charge in [0.25, 0.3) is 0 Å². The molecule has 9 heavy (non-hydrogen) atoms. The summed E-state index contributed by atoms with van der Waals surface area (Å²) in [5, 5.41) is 0. The Hall–Kier alpha value is 0.0649. The van der Waals surface area contributed by atoms with E-state index in [-0.39, 0.29) is 0 Å². The second-order valence-electron chi connectivity index (χ2n) is 3.57. The fourth-order valence-corrected chi connectivity index (χ4v) is 1.31. The number of hydrogen-bond donors (Lipinski definition) is 0. The zero-order valence-corrected chi connectivity index (χ0v) is 6.48. The Labute approximate surface area is 59.4 Å². The molecule has 0 heterocycles. The van der Waals surface area contributed by atoms with Gasteiger partial charge in [-0.2, -0.15) is 0 Å². The summed E-state index contributed by atoms with van der Waals surface area (Å²) in [6.07, 6.45) is 5.25. The van der Waals surface area contributed by atoms with E-state index in [1.807, 2.05) is 0 Å². The molecule has 1 aliphatic rings. The number of rotatable bonds is 3. The molecule has 0 aliphatic heterocycles. The molecule has 1 heteroatoms. The number of hydrogen-bond acceptors (Lipinski definition) is 0. The van der Waals surface area contributed by atoms with Crippen molar-refractivity contribution in [1.82, 2.24) is 0 Å². The van der Waals surface area contributed by atoms with Crippen LogP contribution in [0.1, 0.15) is 39.5 Å². The minimum Gasteiger partial charge on any atom is -0.0716 e. The molecule has 0 aromatic carbocycles. The average molecular weight is 122 g/mol. The van der Waals surface area contributed by atoms with Gasteiger partial charge in [-0.05, 0) is 11.8 Å². The predicted molar refractivity (Wildman–Crippen MR) is 41.8 cm³/mol. The molecule has 0 spiro atoms. The third kappa shape index (κ3) is 1.50. The SMILES string of the molecule is [B]C1CC1(C)CCCC. The number of unbranched alkanes of at least 4 members (excludes halogenated alkanes) is 1. The van der Waals surface area contributed by atoms with Gasteiger partial charge in [-0.15, -0.1) is 0 Å². The monoisotopic (exact) mass is 122 g/mol. The van der Waals surface area contributed by atoms with Crippen molar-refractivity contribution in [2.75, 3.05) is 0 Å². The van der Waals surface area contributed by atoms with Crippen molar-refractivity contribution in [1.29, 1.82) is 0 Å². The Morgan fingerprint density at radius 3 is 2.56 bits per heavy atom. The van der Waals surface area contributed by atoms with Crippen molar-refractivity contribution in [2.45, 2.75) is 45.3 Å². The Morgan fingerprint density at radius 1 is 1.67 bits per heavy atom. The first kappa shape index (κ1) is 7.18. The van der Waals surface area contributed by atoms with Crippen LogP contribution in [0.25, 0.3) is 0 Å². The van der Waals surface area contributed by atoms with Crippen LogP contribution in [0.15, 0.2) is 0 Å². The molecule has 2 atom stereocenters. The standard InChI is InChI=1S/C8H15B/c1-3-4-5-8(2)6-7(8)9/h7H,3-6H2,1-2H3. The summed E-state index contributed by atoms with van der Waals surface area (Å²) >= 11 is 0. The van der Waals surface area contributed by atoms with Crippen molar-refractivity contribution in [3.8, 4) is 0 Å². The van der Waals surface area contributed by atoms with Crippen molar-refractivity contribution in [3.05, 3.63) is 0 Å². The van der Waals surface area contributed by atoms with Gasteiger partial charge in [-0.1, -0.05) is 38.9 Å². The molecule has 0 bridgehead atoms. The van der Waals surface area contributed by atoms with Crippen molar-refractivity contribution in [2.24, 2.45) is 5.41 Å². The Balaban J connectivity index is 2.13. The smallest absolute Gasteiger partial charge is 0.0707 e. The van der Waals surface area contributed by atoms with Gasteiger partial charge in [-0.25, -0.2) is 0 Å². The molecule has 2 unspecified atom stereocenters. The quantitative estimate of drug-likeness (QED) is 0.504. The first-order chi connectivity index (χ1) is 4.19. The van der Waals surface area contributed by atoms with Gasteiger partial charge in [0.1, 0.15) is 0 Å². The van der Waals surface area contributed by atoms with Gasteiger partial charge >= 0.3 is 0 Å². The predicted octanol–water partition coefficient (Wildman–Crippen LogP) is 2.54. The lowest BCUT2D eigenvalue weighted by molar-refractivity contribution is 0.490. The van der Waals surface area contributed by atoms with E-state index in [9.17, 15) is 0 Å². The van der Waals surface area contributed by atoms with Crippen LogP contribution in [-0.2, 0) is 0 Å². The summed E-state index contributed by atoms with van der Waals surface area (Å²) < 4.78 is 0. The van der Waals surface area contributed by atoms with E-state index in [1.54, 1.807) is 0 Å². The molecule has 0 nitrogen and oxygen atoms in total. The molecule has 1 rings (SSSR count). The first-order valence-corrected chi connectivity index (χ1v) is 3.94. The van der Waals surface area contributed by atoms with Crippen LogP contribution in [-0.4, -0.2) is 7.85 Å². The maximum atomic E-state index is 5.74. The molecule has 0 saturated heterocycles. The summed E-state index contributed by atoms with van der Waals surface area (Å²) in [6.45, 7) is 4.53. The van der Waals surface area contributed by atoms with Crippen LogP contribution >= 0.6 is 0 Å². The highest BCUT2D eigenvalue weighted by Crippen LogP contribution is 2.58. The van der Waals surface area contributed by atoms with Crippen molar-refractivity contribution >= 4 is 7.85 Å². The molecule has 0 N–H and O–H groups in total. The van der Waals surface area contributed by atoms with E-state index in [0.29, 0.717) is 11.2 Å². The summed E-state index contributed by atoms with van der Waals surface area (Å²) in [5.74, 6) is 0.518. The van der Waals surface area contributed by atoms with Gasteiger partial charge in [0.2, 0.25) is 0 Å². The van der Waals surface area contributed by atoms with Gasteiger partial charge in [0.15, 0.2) is 0 Å². The summed E-state index contributed by atoms with van der Waals surface area (Å²) in [4.78, 5) is 0. The van der Waals surface area contributed by atoms with Crippen LogP contribution in [0.3, 0.4) is 0 Å². The summed E-state index contributed by atoms with van der Waals surface area (Å²) in [7, 11) is 5.74. The molecular formula is C8H15B. The van der Waals surface area contributed by atoms with Crippen molar-refractivity contribution < 1.29 is 0 Å². The maximum absolute atomic E-state index is 5.74. The Morgan fingerprint density at radius 2 is 2.22 bits per heavy atom. The third-order valence-corrected chi connectivity index (χ3v) is 2.52. The molecule has 1 aliphatic carbocycles. The van der Waals surface area contributed by atoms with E-state index in [0.717, 1.165) is 0 Å². The van der Waals surface area contributed by atoms with Gasteiger partial charge in [0, 0.05) is 0 Å². The molecule has 50 valence electrons. The van der Waals surface area contributed by atoms with Gasteiger partial charge < -0.3 is 0 Å². The maximum Gasteiger partial charge on any atom is 0.0707 e. The van der Waals surface area contributed by atoms with Crippen LogP contribution in [0.5, 0.6) is 0 Å². The average Bonchev–Trinajstić information content (AvgIpc) is 2.38. The highest BCUT2D eigenvalue weighted by molar-refractivity contribution is 6.14. The van der Waals surface area contributed by atoms with Crippen LogP contribution in [0, 0.1) is 5.41 Å². The fraction of sp³-hybridized carbons (Fsp3) is 1.00. The van der Waals surface area contributed by atoms with E-state index >= 15 is 0 Å². The fourth-order valence-electron chi connectivity index (χ4n) is 1.31. The molecule has 1 fully saturated rings. The highest BCUT2D eigenvalue weighted by atomic mass is 14.5. The lowest BCUT2D eigenvalue weighted by Crippen LogP contribution is -1.94. The molecule has 2 radical (unpaired) electrons. The minimum absolute atomic E-state index is 0.518. The summed E-state index contributed by atoms with van der Waals surface area (Å²) in [6, 6.07) is 0. The van der Waals surface area contributed by atoms with Crippen LogP contribution in [0.2, 0.25) is 5.82 Å². The van der Waals surface area contributed by atoms with E-state index in [2.05, 4.69) is 13.8 Å². The largest absolute Gasteiger partial charge is 0.0716 e. The van der Waals surface area contributed by atoms with Gasteiger partial charge in [-0.3, -0.25) is 0 Å². The molecule has 1 saturated carbocycles. The zero-order chi connectivity index (χ0) is 6.91. The Bertz CT molecular complexity index is 101. The van der Waals surface area contributed by atoms with E-state index < -0.39 is 0 Å².